The highest BCUT2D eigenvalue weighted by molar-refractivity contribution is 6.14. The zero-order valence-electron chi connectivity index (χ0n) is 19.8. The lowest BCUT2D eigenvalue weighted by molar-refractivity contribution is -0.112. The number of amides is 2. The number of pyridine rings is 1. The van der Waals surface area contributed by atoms with Crippen molar-refractivity contribution in [3.05, 3.63) is 59.6 Å². The molecule has 36 heavy (non-hydrogen) atoms. The molecular weight excluding hydrogens is 460 g/mol. The van der Waals surface area contributed by atoms with Crippen molar-refractivity contribution in [1.29, 1.82) is 0 Å². The Kier molecular flexibility index (Phi) is 5.90. The first kappa shape index (κ1) is 22.7. The van der Waals surface area contributed by atoms with Crippen LogP contribution < -0.4 is 20.3 Å². The van der Waals surface area contributed by atoms with Crippen LogP contribution in [0.4, 0.5) is 11.4 Å². The van der Waals surface area contributed by atoms with Crippen molar-refractivity contribution >= 4 is 29.0 Å². The molecule has 1 aliphatic carbocycles. The minimum atomic E-state index is -0.300. The van der Waals surface area contributed by atoms with Crippen molar-refractivity contribution in [2.45, 2.75) is 13.0 Å². The van der Waals surface area contributed by atoms with E-state index in [1.54, 1.807) is 29.4 Å². The van der Waals surface area contributed by atoms with Gasteiger partial charge in [-0.25, -0.2) is 4.99 Å². The average molecular weight is 489 g/mol. The van der Waals surface area contributed by atoms with E-state index >= 15 is 0 Å². The van der Waals surface area contributed by atoms with Crippen LogP contribution in [0.25, 0.3) is 0 Å². The minimum absolute atomic E-state index is 0.0933. The maximum Gasteiger partial charge on any atom is 0.274 e. The fourth-order valence-corrected chi connectivity index (χ4v) is 5.10. The molecule has 1 aromatic heterocycles. The number of aliphatic hydroxyl groups is 1. The van der Waals surface area contributed by atoms with Gasteiger partial charge in [0.05, 0.1) is 30.7 Å². The van der Waals surface area contributed by atoms with E-state index in [1.807, 2.05) is 18.2 Å². The summed E-state index contributed by atoms with van der Waals surface area (Å²) >= 11 is 0. The standard InChI is InChI=1S/C26H28N6O4/c33-9-10-36-18-2-1-16-15-32(26(35)20(16)13-18)24-19-11-17(19)12-21(29-24)25(34)30-22-14-28-4-3-23(22)31-7-5-27-6-8-31/h1-4,12-14,17,19,27,33H,5-11,15H2,(H,30,34). The number of aliphatic hydroxyl groups excluding tert-OH is 1. The van der Waals surface area contributed by atoms with E-state index in [2.05, 4.69) is 20.5 Å². The van der Waals surface area contributed by atoms with E-state index in [9.17, 15) is 9.59 Å². The molecule has 2 unspecified atom stereocenters. The second-order valence-electron chi connectivity index (χ2n) is 9.39. The van der Waals surface area contributed by atoms with Gasteiger partial charge in [-0.3, -0.25) is 19.5 Å². The van der Waals surface area contributed by atoms with Gasteiger partial charge < -0.3 is 25.4 Å². The lowest BCUT2D eigenvalue weighted by Gasteiger charge is -2.30. The first-order chi connectivity index (χ1) is 17.6. The molecule has 2 aromatic rings. The van der Waals surface area contributed by atoms with Gasteiger partial charge in [0.2, 0.25) is 0 Å². The molecule has 0 spiro atoms. The number of hydrogen-bond acceptors (Lipinski definition) is 8. The van der Waals surface area contributed by atoms with Gasteiger partial charge in [0.25, 0.3) is 11.8 Å². The number of carbonyl (C=O) groups excluding carboxylic acids is 2. The second kappa shape index (κ2) is 9.36. The summed E-state index contributed by atoms with van der Waals surface area (Å²) in [7, 11) is 0. The molecule has 0 bridgehead atoms. The summed E-state index contributed by atoms with van der Waals surface area (Å²) < 4.78 is 5.47. The third kappa shape index (κ3) is 4.22. The van der Waals surface area contributed by atoms with Crippen molar-refractivity contribution in [3.8, 4) is 5.75 Å². The summed E-state index contributed by atoms with van der Waals surface area (Å²) in [6, 6.07) is 7.30. The van der Waals surface area contributed by atoms with E-state index in [0.717, 1.165) is 43.9 Å². The van der Waals surface area contributed by atoms with Crippen LogP contribution >= 0.6 is 0 Å². The molecule has 2 fully saturated rings. The normalized spacial score (nSPS) is 22.4. The minimum Gasteiger partial charge on any atom is -0.491 e. The molecule has 3 N–H and O–H groups in total. The predicted molar refractivity (Wildman–Crippen MR) is 134 cm³/mol. The summed E-state index contributed by atoms with van der Waals surface area (Å²) in [6.45, 7) is 3.98. The van der Waals surface area contributed by atoms with Gasteiger partial charge in [-0.15, -0.1) is 0 Å². The third-order valence-electron chi connectivity index (χ3n) is 7.04. The van der Waals surface area contributed by atoms with Crippen molar-refractivity contribution in [2.75, 3.05) is 49.6 Å². The number of nitrogens with zero attached hydrogens (tertiary/aromatic N) is 4. The first-order valence-electron chi connectivity index (χ1n) is 12.3. The number of fused-ring (bicyclic) bond motifs is 2. The molecule has 4 heterocycles. The highest BCUT2D eigenvalue weighted by Gasteiger charge is 2.48. The highest BCUT2D eigenvalue weighted by atomic mass is 16.5. The summed E-state index contributed by atoms with van der Waals surface area (Å²) in [4.78, 5) is 39.4. The summed E-state index contributed by atoms with van der Waals surface area (Å²) in [6.07, 6.45) is 6.19. The topological polar surface area (TPSA) is 119 Å². The number of hydrogen-bond donors (Lipinski definition) is 3. The maximum absolute atomic E-state index is 13.3. The number of anilines is 2. The predicted octanol–water partition coefficient (Wildman–Crippen LogP) is 1.39. The molecular formula is C26H28N6O4. The van der Waals surface area contributed by atoms with Gasteiger partial charge in [-0.1, -0.05) is 6.07 Å². The number of nitrogens with one attached hydrogen (secondary N) is 2. The summed E-state index contributed by atoms with van der Waals surface area (Å²) in [5.74, 6) is 1.12. The van der Waals surface area contributed by atoms with Gasteiger partial charge >= 0.3 is 0 Å². The van der Waals surface area contributed by atoms with Gasteiger partial charge in [0.15, 0.2) is 0 Å². The van der Waals surface area contributed by atoms with Crippen LogP contribution in [0, 0.1) is 11.8 Å². The van der Waals surface area contributed by atoms with Crippen molar-refractivity contribution in [1.82, 2.24) is 15.2 Å². The van der Waals surface area contributed by atoms with Crippen LogP contribution in [0.5, 0.6) is 5.75 Å². The Hall–Kier alpha value is -3.76. The molecule has 2 atom stereocenters. The van der Waals surface area contributed by atoms with E-state index in [1.165, 1.54) is 0 Å². The van der Waals surface area contributed by atoms with Crippen LogP contribution in [-0.2, 0) is 11.3 Å². The SMILES string of the molecule is O=C(Nc1cnccc1N1CCNCC1)C1=CC2CC2C(N2Cc3ccc(OCCO)cc3C2=O)=N1. The molecule has 2 amide bonds. The monoisotopic (exact) mass is 488 g/mol. The van der Waals surface area contributed by atoms with Gasteiger partial charge in [0, 0.05) is 43.9 Å². The fourth-order valence-electron chi connectivity index (χ4n) is 5.10. The number of carbonyl (C=O) groups is 2. The quantitative estimate of drug-likeness (QED) is 0.562. The first-order valence-corrected chi connectivity index (χ1v) is 12.3. The van der Waals surface area contributed by atoms with Crippen LogP contribution in [0.3, 0.4) is 0 Å². The number of amidine groups is 1. The number of benzene rings is 1. The lowest BCUT2D eigenvalue weighted by atomic mass is 10.1. The zero-order chi connectivity index (χ0) is 24.6. The van der Waals surface area contributed by atoms with E-state index in [0.29, 0.717) is 35.1 Å². The van der Waals surface area contributed by atoms with Crippen LogP contribution in [0.2, 0.25) is 0 Å². The Balaban J connectivity index is 1.21. The molecule has 0 radical (unpaired) electrons. The van der Waals surface area contributed by atoms with E-state index in [-0.39, 0.29) is 36.9 Å². The fraction of sp³-hybridized carbons (Fsp3) is 0.385. The molecule has 6 rings (SSSR count). The molecule has 1 aromatic carbocycles. The van der Waals surface area contributed by atoms with E-state index < -0.39 is 0 Å². The van der Waals surface area contributed by atoms with E-state index in [4.69, 9.17) is 14.8 Å². The van der Waals surface area contributed by atoms with Crippen LogP contribution in [0.15, 0.2) is 53.4 Å². The number of aliphatic imine (C=N–C) groups is 1. The molecule has 3 aliphatic heterocycles. The summed E-state index contributed by atoms with van der Waals surface area (Å²) in [5.41, 5.74) is 3.39. The molecule has 4 aliphatic rings. The summed E-state index contributed by atoms with van der Waals surface area (Å²) in [5, 5.41) is 15.3. The number of piperazine rings is 1. The van der Waals surface area contributed by atoms with Crippen LogP contribution in [0.1, 0.15) is 22.3 Å². The highest BCUT2D eigenvalue weighted by Crippen LogP contribution is 2.47. The van der Waals surface area contributed by atoms with Gasteiger partial charge in [-0.2, -0.15) is 0 Å². The Bertz CT molecular complexity index is 1270. The number of ether oxygens (including phenoxy) is 1. The van der Waals surface area contributed by atoms with Crippen LogP contribution in [-0.4, -0.2) is 72.0 Å². The maximum atomic E-state index is 13.3. The number of aromatic nitrogens is 1. The third-order valence-corrected chi connectivity index (χ3v) is 7.04. The molecule has 10 nitrogen and oxygen atoms in total. The van der Waals surface area contributed by atoms with Gasteiger partial charge in [-0.05, 0) is 42.2 Å². The zero-order valence-corrected chi connectivity index (χ0v) is 19.8. The largest absolute Gasteiger partial charge is 0.491 e. The Morgan fingerprint density at radius 3 is 2.94 bits per heavy atom. The lowest BCUT2D eigenvalue weighted by Crippen LogP contribution is -2.43. The Labute approximate surface area is 208 Å². The smallest absolute Gasteiger partial charge is 0.274 e. The molecule has 1 saturated carbocycles. The Morgan fingerprint density at radius 2 is 2.11 bits per heavy atom. The average Bonchev–Trinajstić information content (AvgIpc) is 3.64. The number of allylic oxidation sites excluding steroid dienone is 1. The van der Waals surface area contributed by atoms with Crippen molar-refractivity contribution in [2.24, 2.45) is 16.8 Å². The Morgan fingerprint density at radius 1 is 1.25 bits per heavy atom. The molecule has 186 valence electrons. The van der Waals surface area contributed by atoms with Crippen molar-refractivity contribution < 1.29 is 19.4 Å². The van der Waals surface area contributed by atoms with Crippen molar-refractivity contribution in [3.63, 3.8) is 0 Å². The second-order valence-corrected chi connectivity index (χ2v) is 9.39. The van der Waals surface area contributed by atoms with Gasteiger partial charge in [0.1, 0.15) is 23.9 Å². The molecule has 1 saturated heterocycles. The number of rotatable bonds is 6. The molecule has 10 heteroatoms.